The first-order valence-electron chi connectivity index (χ1n) is 9.86. The quantitative estimate of drug-likeness (QED) is 0.587. The number of carbonyl (C=O) groups excluding carboxylic acids is 1. The minimum absolute atomic E-state index is 0.0984. The van der Waals surface area contributed by atoms with E-state index in [9.17, 15) is 30.0 Å². The first kappa shape index (κ1) is 18.4. The van der Waals surface area contributed by atoms with Crippen LogP contribution in [0.1, 0.15) is 58.8 Å². The molecule has 146 valence electrons. The summed E-state index contributed by atoms with van der Waals surface area (Å²) in [7, 11) is 0. The third-order valence-corrected chi connectivity index (χ3v) is 8.93. The van der Waals surface area contributed by atoms with Crippen molar-refractivity contribution in [3.05, 3.63) is 0 Å². The molecule has 0 aliphatic heterocycles. The normalized spacial score (nSPS) is 56.0. The van der Waals surface area contributed by atoms with Crippen LogP contribution >= 0.6 is 0 Å². The van der Waals surface area contributed by atoms with Crippen LogP contribution in [0.4, 0.5) is 0 Å². The molecule has 26 heavy (non-hydrogen) atoms. The van der Waals surface area contributed by atoms with Crippen LogP contribution in [0, 0.1) is 34.0 Å². The van der Waals surface area contributed by atoms with Gasteiger partial charge < -0.3 is 20.4 Å². The number of rotatable bonds is 2. The van der Waals surface area contributed by atoms with Gasteiger partial charge >= 0.3 is 5.97 Å². The molecule has 4 saturated carbocycles. The Kier molecular flexibility index (Phi) is 3.75. The zero-order valence-electron chi connectivity index (χ0n) is 15.6. The van der Waals surface area contributed by atoms with Crippen LogP contribution in [-0.2, 0) is 9.59 Å². The number of hydrogen-bond acceptors (Lipinski definition) is 5. The summed E-state index contributed by atoms with van der Waals surface area (Å²) in [5.74, 6) is -1.98. The van der Waals surface area contributed by atoms with Crippen molar-refractivity contribution in [2.45, 2.75) is 70.5 Å². The monoisotopic (exact) mass is 366 g/mol. The number of carboxylic acid groups (broad SMARTS) is 1. The van der Waals surface area contributed by atoms with E-state index in [1.807, 2.05) is 6.92 Å². The largest absolute Gasteiger partial charge is 0.481 e. The molecule has 0 amide bonds. The summed E-state index contributed by atoms with van der Waals surface area (Å²) in [6.07, 6.45) is 3.32. The SMILES string of the molecule is CC1(C(=O)O)CCCC2(C)C1CCC13CC(CC(O)C12)C(O)(CO)C3=O. The van der Waals surface area contributed by atoms with Crippen LogP contribution < -0.4 is 0 Å². The van der Waals surface area contributed by atoms with E-state index in [-0.39, 0.29) is 17.6 Å². The van der Waals surface area contributed by atoms with Crippen LogP contribution in [0.5, 0.6) is 0 Å². The number of aliphatic hydroxyl groups is 3. The molecule has 0 radical (unpaired) electrons. The molecule has 0 aromatic heterocycles. The summed E-state index contributed by atoms with van der Waals surface area (Å²) in [5.41, 5.74) is -3.89. The van der Waals surface area contributed by atoms with E-state index in [0.717, 1.165) is 12.8 Å². The van der Waals surface area contributed by atoms with Crippen molar-refractivity contribution in [1.82, 2.24) is 0 Å². The van der Waals surface area contributed by atoms with Crippen molar-refractivity contribution < 1.29 is 30.0 Å². The average molecular weight is 366 g/mol. The molecule has 0 aromatic carbocycles. The Morgan fingerprint density at radius 2 is 1.92 bits per heavy atom. The van der Waals surface area contributed by atoms with Gasteiger partial charge in [-0.15, -0.1) is 0 Å². The number of aliphatic hydroxyl groups excluding tert-OH is 2. The molecular formula is C20H30O6. The number of Topliss-reactive ketones (excluding diaryl/α,β-unsaturated/α-hetero) is 1. The first-order chi connectivity index (χ1) is 12.1. The van der Waals surface area contributed by atoms with Crippen molar-refractivity contribution in [1.29, 1.82) is 0 Å². The van der Waals surface area contributed by atoms with E-state index < -0.39 is 46.4 Å². The Balaban J connectivity index is 1.83. The van der Waals surface area contributed by atoms with E-state index in [2.05, 4.69) is 6.92 Å². The van der Waals surface area contributed by atoms with Crippen molar-refractivity contribution >= 4 is 11.8 Å². The van der Waals surface area contributed by atoms with Gasteiger partial charge in [0.05, 0.1) is 18.1 Å². The Morgan fingerprint density at radius 1 is 1.23 bits per heavy atom. The molecule has 8 unspecified atom stereocenters. The van der Waals surface area contributed by atoms with Gasteiger partial charge in [-0.2, -0.15) is 0 Å². The lowest BCUT2D eigenvalue weighted by Gasteiger charge is -2.63. The molecule has 0 heterocycles. The second-order valence-corrected chi connectivity index (χ2v) is 9.92. The van der Waals surface area contributed by atoms with Gasteiger partial charge in [-0.25, -0.2) is 0 Å². The number of carboxylic acids is 1. The topological polar surface area (TPSA) is 115 Å². The fourth-order valence-electron chi connectivity index (χ4n) is 7.89. The van der Waals surface area contributed by atoms with Gasteiger partial charge in [0.1, 0.15) is 5.60 Å². The van der Waals surface area contributed by atoms with Crippen molar-refractivity contribution in [2.24, 2.45) is 34.0 Å². The lowest BCUT2D eigenvalue weighted by molar-refractivity contribution is -0.199. The molecule has 6 heteroatoms. The van der Waals surface area contributed by atoms with Crippen LogP contribution in [0.15, 0.2) is 0 Å². The average Bonchev–Trinajstić information content (AvgIpc) is 2.73. The second kappa shape index (κ2) is 5.30. The molecule has 4 aliphatic carbocycles. The van der Waals surface area contributed by atoms with E-state index in [0.29, 0.717) is 32.1 Å². The van der Waals surface area contributed by atoms with E-state index in [1.165, 1.54) is 0 Å². The van der Waals surface area contributed by atoms with Crippen LogP contribution in [0.2, 0.25) is 0 Å². The summed E-state index contributed by atoms with van der Waals surface area (Å²) in [5, 5.41) is 41.6. The Morgan fingerprint density at radius 3 is 2.54 bits per heavy atom. The first-order valence-corrected chi connectivity index (χ1v) is 9.86. The summed E-state index contributed by atoms with van der Waals surface area (Å²) in [6.45, 7) is 3.26. The molecule has 4 aliphatic rings. The van der Waals surface area contributed by atoms with Crippen LogP contribution in [-0.4, -0.2) is 50.5 Å². The lowest BCUT2D eigenvalue weighted by Crippen LogP contribution is -2.63. The maximum Gasteiger partial charge on any atom is 0.309 e. The molecule has 6 nitrogen and oxygen atoms in total. The van der Waals surface area contributed by atoms with Gasteiger partial charge in [-0.05, 0) is 56.8 Å². The molecule has 0 aromatic rings. The second-order valence-electron chi connectivity index (χ2n) is 9.92. The Bertz CT molecular complexity index is 663. The summed E-state index contributed by atoms with van der Waals surface area (Å²) in [4.78, 5) is 25.4. The smallest absolute Gasteiger partial charge is 0.309 e. The third-order valence-electron chi connectivity index (χ3n) is 8.93. The zero-order valence-corrected chi connectivity index (χ0v) is 15.6. The van der Waals surface area contributed by atoms with Crippen molar-refractivity contribution in [2.75, 3.05) is 6.61 Å². The van der Waals surface area contributed by atoms with E-state index in [1.54, 1.807) is 0 Å². The minimum atomic E-state index is -1.76. The molecule has 8 atom stereocenters. The van der Waals surface area contributed by atoms with E-state index >= 15 is 0 Å². The molecule has 4 N–H and O–H groups in total. The standard InChI is InChI=1S/C20H30O6/c1-17-5-3-6-18(2,16(24)25)13(17)4-7-19-9-11(8-12(22)14(17)19)20(26,10-21)15(19)23/h11-14,21-22,26H,3-10H2,1-2H3,(H,24,25). The molecular weight excluding hydrogens is 336 g/mol. The van der Waals surface area contributed by atoms with Gasteiger partial charge in [0, 0.05) is 17.3 Å². The van der Waals surface area contributed by atoms with Gasteiger partial charge in [-0.3, -0.25) is 9.59 Å². The highest BCUT2D eigenvalue weighted by Gasteiger charge is 2.74. The minimum Gasteiger partial charge on any atom is -0.481 e. The number of carbonyl (C=O) groups is 2. The van der Waals surface area contributed by atoms with Gasteiger partial charge in [0.25, 0.3) is 0 Å². The maximum atomic E-state index is 13.3. The molecule has 4 rings (SSSR count). The summed E-state index contributed by atoms with van der Waals surface area (Å²) >= 11 is 0. The Labute approximate surface area is 153 Å². The zero-order chi connectivity index (χ0) is 19.1. The van der Waals surface area contributed by atoms with Crippen LogP contribution in [0.3, 0.4) is 0 Å². The van der Waals surface area contributed by atoms with Gasteiger partial charge in [0.2, 0.25) is 0 Å². The molecule has 0 saturated heterocycles. The highest BCUT2D eigenvalue weighted by atomic mass is 16.4. The molecule has 2 bridgehead atoms. The molecule has 1 spiro atoms. The van der Waals surface area contributed by atoms with Gasteiger partial charge in [-0.1, -0.05) is 13.3 Å². The fourth-order valence-corrected chi connectivity index (χ4v) is 7.89. The fraction of sp³-hybridized carbons (Fsp3) is 0.900. The summed E-state index contributed by atoms with van der Waals surface area (Å²) < 4.78 is 0. The maximum absolute atomic E-state index is 13.3. The highest BCUT2D eigenvalue weighted by Crippen LogP contribution is 2.71. The predicted molar refractivity (Wildman–Crippen MR) is 92.1 cm³/mol. The van der Waals surface area contributed by atoms with Gasteiger partial charge in [0.15, 0.2) is 5.78 Å². The highest BCUT2D eigenvalue weighted by molar-refractivity contribution is 5.96. The number of hydrogen-bond donors (Lipinski definition) is 4. The number of ketones is 1. The number of aliphatic carboxylic acids is 1. The lowest BCUT2D eigenvalue weighted by atomic mass is 9.40. The van der Waals surface area contributed by atoms with Crippen LogP contribution in [0.25, 0.3) is 0 Å². The summed E-state index contributed by atoms with van der Waals surface area (Å²) in [6, 6.07) is 0. The predicted octanol–water partition coefficient (Wildman–Crippen LogP) is 1.36. The number of fused-ring (bicyclic) bond motifs is 3. The third kappa shape index (κ3) is 1.88. The van der Waals surface area contributed by atoms with E-state index in [4.69, 9.17) is 0 Å². The Hall–Kier alpha value is -0.980. The molecule has 4 fully saturated rings. The van der Waals surface area contributed by atoms with Crippen molar-refractivity contribution in [3.63, 3.8) is 0 Å². The van der Waals surface area contributed by atoms with Crippen molar-refractivity contribution in [3.8, 4) is 0 Å².